The molecule has 0 aliphatic carbocycles. The third kappa shape index (κ3) is 4.08. The number of fused-ring (bicyclic) bond motifs is 3. The summed E-state index contributed by atoms with van der Waals surface area (Å²) in [5, 5.41) is -3.73. The lowest BCUT2D eigenvalue weighted by atomic mass is 9.84. The summed E-state index contributed by atoms with van der Waals surface area (Å²) < 4.78 is 240. The van der Waals surface area contributed by atoms with Gasteiger partial charge in [0.1, 0.15) is 0 Å². The fourth-order valence-electron chi connectivity index (χ4n) is 4.76. The van der Waals surface area contributed by atoms with Crippen molar-refractivity contribution in [3.63, 3.8) is 0 Å². The zero-order chi connectivity index (χ0) is 51.4. The van der Waals surface area contributed by atoms with Crippen molar-refractivity contribution in [2.75, 3.05) is 0 Å². The summed E-state index contributed by atoms with van der Waals surface area (Å²) in [4.78, 5) is 0. The molecule has 0 bridgehead atoms. The third-order valence-electron chi connectivity index (χ3n) is 6.51. The molecule has 0 aliphatic heterocycles. The second kappa shape index (κ2) is 10.2. The van der Waals surface area contributed by atoms with E-state index in [1.165, 1.54) is 0 Å². The molecular formula is C42H28. The van der Waals surface area contributed by atoms with Gasteiger partial charge in [-0.05, 0) is 88.9 Å². The molecule has 0 amide bonds. The summed E-state index contributed by atoms with van der Waals surface area (Å²) in [7, 11) is 0. The standard InChI is InChI=1S/C42H28/c1-3-14-30(15-4-1)35-26-25-34(28-40(35)31-16-5-2-6-17-31)42-38-21-11-9-19-36(38)41(37-20-10-12-22-39(37)42)33-24-23-29-13-7-8-18-32(29)27-33/h1-28H/i1D,2D,3D,4D,5D,6D,7D,8D,9D,10D,11D,12D,13D,14D,15D,16D,17D,18D,19D,20D,21D,23D,24D,25D,26D,27D,28D. The van der Waals surface area contributed by atoms with Crippen LogP contribution in [0.15, 0.2) is 169 Å². The molecule has 8 rings (SSSR count). The Morgan fingerprint density at radius 2 is 0.810 bits per heavy atom. The number of hydrogen-bond donors (Lipinski definition) is 0. The topological polar surface area (TPSA) is 0 Å². The van der Waals surface area contributed by atoms with Gasteiger partial charge in [0.25, 0.3) is 0 Å². The Morgan fingerprint density at radius 3 is 1.52 bits per heavy atom. The van der Waals surface area contributed by atoms with Crippen molar-refractivity contribution < 1.29 is 37.0 Å². The summed E-state index contributed by atoms with van der Waals surface area (Å²) in [6.45, 7) is 0. The van der Waals surface area contributed by atoms with Crippen molar-refractivity contribution in [3.8, 4) is 44.5 Å². The Hall–Kier alpha value is -5.46. The van der Waals surface area contributed by atoms with Crippen LogP contribution in [0.1, 0.15) is 37.0 Å². The first-order valence-corrected chi connectivity index (χ1v) is 12.3. The first-order chi connectivity index (χ1) is 32.1. The van der Waals surface area contributed by atoms with E-state index in [4.69, 9.17) is 26.0 Å². The molecular weight excluding hydrogens is 504 g/mol. The number of rotatable bonds is 4. The normalized spacial score (nSPS) is 20.3. The van der Waals surface area contributed by atoms with Crippen LogP contribution in [0.25, 0.3) is 76.8 Å². The minimum Gasteiger partial charge on any atom is -0.0622 e. The average molecular weight is 560 g/mol. The molecule has 0 saturated heterocycles. The first-order valence-electron chi connectivity index (χ1n) is 25.8. The second-order valence-electron chi connectivity index (χ2n) is 8.83. The molecule has 42 heavy (non-hydrogen) atoms. The van der Waals surface area contributed by atoms with Gasteiger partial charge in [0.15, 0.2) is 0 Å². The van der Waals surface area contributed by atoms with Crippen molar-refractivity contribution in [1.82, 2.24) is 0 Å². The Kier molecular flexibility index (Phi) is 2.25. The molecule has 196 valence electrons. The van der Waals surface area contributed by atoms with Crippen LogP contribution in [0.2, 0.25) is 0 Å². The summed E-state index contributed by atoms with van der Waals surface area (Å²) >= 11 is 0. The van der Waals surface area contributed by atoms with E-state index in [-0.39, 0.29) is 0 Å². The monoisotopic (exact) mass is 559 g/mol. The number of benzene rings is 8. The molecule has 0 spiro atoms. The van der Waals surface area contributed by atoms with Gasteiger partial charge in [-0.2, -0.15) is 0 Å². The van der Waals surface area contributed by atoms with E-state index in [1.54, 1.807) is 0 Å². The van der Waals surface area contributed by atoms with Crippen LogP contribution in [-0.4, -0.2) is 0 Å². The van der Waals surface area contributed by atoms with Gasteiger partial charge in [-0.3, -0.25) is 0 Å². The average Bonchev–Trinajstić information content (AvgIpc) is 3.31. The lowest BCUT2D eigenvalue weighted by Gasteiger charge is -2.19. The molecule has 0 heteroatoms. The fourth-order valence-corrected chi connectivity index (χ4v) is 4.76. The molecule has 8 aromatic rings. The van der Waals surface area contributed by atoms with Gasteiger partial charge in [0.2, 0.25) is 0 Å². The van der Waals surface area contributed by atoms with Crippen molar-refractivity contribution >= 4 is 32.3 Å². The second-order valence-corrected chi connectivity index (χ2v) is 8.83. The Balaban J connectivity index is 1.75. The van der Waals surface area contributed by atoms with Crippen LogP contribution in [0.4, 0.5) is 0 Å². The van der Waals surface area contributed by atoms with Crippen LogP contribution >= 0.6 is 0 Å². The zero-order valence-corrected chi connectivity index (χ0v) is 21.1. The summed E-state index contributed by atoms with van der Waals surface area (Å²) in [5.74, 6) is 0. The molecule has 8 aromatic carbocycles. The Labute approximate surface area is 284 Å². The first kappa shape index (κ1) is 9.28. The largest absolute Gasteiger partial charge is 0.0636 e. The van der Waals surface area contributed by atoms with Crippen LogP contribution in [0.5, 0.6) is 0 Å². The predicted octanol–water partition coefficient (Wildman–Crippen LogP) is 11.8. The van der Waals surface area contributed by atoms with Gasteiger partial charge in [0, 0.05) is 0 Å². The van der Waals surface area contributed by atoms with E-state index in [0.29, 0.717) is 0 Å². The van der Waals surface area contributed by atoms with E-state index >= 15 is 0 Å². The molecule has 0 heterocycles. The van der Waals surface area contributed by atoms with Crippen LogP contribution in [0.3, 0.4) is 0 Å². The molecule has 0 N–H and O–H groups in total. The highest BCUT2D eigenvalue weighted by Crippen LogP contribution is 2.45. The summed E-state index contributed by atoms with van der Waals surface area (Å²) in [6.07, 6.45) is 0. The predicted molar refractivity (Wildman–Crippen MR) is 181 cm³/mol. The van der Waals surface area contributed by atoms with Crippen molar-refractivity contribution in [2.45, 2.75) is 0 Å². The molecule has 0 atom stereocenters. The van der Waals surface area contributed by atoms with Gasteiger partial charge >= 0.3 is 0 Å². The highest BCUT2D eigenvalue weighted by atomic mass is 14.2. The molecule has 0 unspecified atom stereocenters. The molecule has 0 radical (unpaired) electrons. The Bertz CT molecular complexity index is 3690. The maximum atomic E-state index is 9.96. The van der Waals surface area contributed by atoms with E-state index in [9.17, 15) is 11.0 Å². The highest BCUT2D eigenvalue weighted by Gasteiger charge is 2.18. The SMILES string of the molecule is [2H]c1cc2c(-c3c([2H])c([2H])c(-c4c([2H])c([2H])c([2H])c([2H])c4[2H])c(-c4c([2H])c([2H])c([2H])c([2H])c4[2H])c3[2H])c3c([2H])c([2H])c([2H])c([2H])c3c(-c3c([2H])c([2H])c4c([2H])c([2H])c([2H])c([2H])c4c3[2H])c2c([2H])c1[2H]. The molecule has 0 aliphatic rings. The van der Waals surface area contributed by atoms with E-state index in [0.717, 1.165) is 6.07 Å². The van der Waals surface area contributed by atoms with E-state index < -0.39 is 240 Å². The summed E-state index contributed by atoms with van der Waals surface area (Å²) in [5.41, 5.74) is -6.34. The fraction of sp³-hybridized carbons (Fsp3) is 0. The maximum absolute atomic E-state index is 9.96. The van der Waals surface area contributed by atoms with E-state index in [2.05, 4.69) is 0 Å². The van der Waals surface area contributed by atoms with Gasteiger partial charge in [-0.25, -0.2) is 0 Å². The molecule has 0 nitrogen and oxygen atoms in total. The number of hydrogen-bond acceptors (Lipinski definition) is 0. The summed E-state index contributed by atoms with van der Waals surface area (Å²) in [6, 6.07) is -24.5. The zero-order valence-electron chi connectivity index (χ0n) is 48.1. The van der Waals surface area contributed by atoms with Gasteiger partial charge in [-0.1, -0.05) is 157 Å². The lowest BCUT2D eigenvalue weighted by molar-refractivity contribution is 1.58. The van der Waals surface area contributed by atoms with E-state index in [1.807, 2.05) is 0 Å². The molecule has 0 aromatic heterocycles. The van der Waals surface area contributed by atoms with Crippen molar-refractivity contribution in [2.24, 2.45) is 0 Å². The smallest absolute Gasteiger partial charge is 0.0622 e. The third-order valence-corrected chi connectivity index (χ3v) is 6.51. The van der Waals surface area contributed by atoms with Gasteiger partial charge in [0.05, 0.1) is 37.0 Å². The van der Waals surface area contributed by atoms with Gasteiger partial charge < -0.3 is 0 Å². The quantitative estimate of drug-likeness (QED) is 0.188. The Morgan fingerprint density at radius 1 is 0.310 bits per heavy atom. The highest BCUT2D eigenvalue weighted by molar-refractivity contribution is 6.22. The van der Waals surface area contributed by atoms with Crippen molar-refractivity contribution in [1.29, 1.82) is 0 Å². The van der Waals surface area contributed by atoms with Crippen LogP contribution < -0.4 is 0 Å². The lowest BCUT2D eigenvalue weighted by Crippen LogP contribution is -1.92. The maximum Gasteiger partial charge on any atom is 0.0636 e. The molecule has 0 saturated carbocycles. The van der Waals surface area contributed by atoms with Crippen LogP contribution in [-0.2, 0) is 0 Å². The molecule has 0 fully saturated rings. The van der Waals surface area contributed by atoms with Crippen molar-refractivity contribution in [3.05, 3.63) is 169 Å². The minimum atomic E-state index is -1.11. The van der Waals surface area contributed by atoms with Gasteiger partial charge in [-0.15, -0.1) is 0 Å². The van der Waals surface area contributed by atoms with Crippen LogP contribution in [0, 0.1) is 0 Å². The minimum absolute atomic E-state index is 0.530.